The molecule has 1 fully saturated rings. The molecule has 2 unspecified atom stereocenters. The number of nitrogens with one attached hydrogen (secondary N) is 2. The van der Waals surface area contributed by atoms with Crippen LogP contribution < -0.4 is 10.6 Å². The van der Waals surface area contributed by atoms with E-state index in [4.69, 9.17) is 0 Å². The summed E-state index contributed by atoms with van der Waals surface area (Å²) in [6.07, 6.45) is 2.89. The number of piperidine rings is 1. The first-order valence-electron chi connectivity index (χ1n) is 6.57. The minimum absolute atomic E-state index is 0.547. The Morgan fingerprint density at radius 3 is 2.94 bits per heavy atom. The lowest BCUT2D eigenvalue weighted by Crippen LogP contribution is -2.39. The third kappa shape index (κ3) is 3.69. The van der Waals surface area contributed by atoms with Crippen LogP contribution in [0.5, 0.6) is 0 Å². The molecule has 0 aromatic heterocycles. The molecule has 1 aliphatic rings. The van der Waals surface area contributed by atoms with Crippen LogP contribution >= 0.6 is 15.9 Å². The summed E-state index contributed by atoms with van der Waals surface area (Å²) in [4.78, 5) is 0. The maximum atomic E-state index is 13.2. The largest absolute Gasteiger partial charge is 0.383 e. The number of alkyl halides is 1. The van der Waals surface area contributed by atoms with Crippen molar-refractivity contribution in [1.29, 1.82) is 0 Å². The summed E-state index contributed by atoms with van der Waals surface area (Å²) in [5, 5.41) is 6.92. The first-order chi connectivity index (χ1) is 8.66. The Labute approximate surface area is 116 Å². The lowest BCUT2D eigenvalue weighted by molar-refractivity contribution is 0.374. The molecule has 100 valence electrons. The van der Waals surface area contributed by atoms with Gasteiger partial charge in [-0.25, -0.2) is 4.39 Å². The van der Waals surface area contributed by atoms with Gasteiger partial charge >= 0.3 is 0 Å². The molecule has 0 amide bonds. The predicted octanol–water partition coefficient (Wildman–Crippen LogP) is 4.03. The molecule has 1 heterocycles. The van der Waals surface area contributed by atoms with Crippen LogP contribution in [0.2, 0.25) is 0 Å². The van der Waals surface area contributed by atoms with Crippen LogP contribution in [0.25, 0.3) is 0 Å². The molecule has 2 rings (SSSR count). The molecule has 0 aliphatic carbocycles. The molecule has 4 heteroatoms. The molecule has 0 spiro atoms. The lowest BCUT2D eigenvalue weighted by atomic mass is 10.0. The second kappa shape index (κ2) is 6.53. The molecule has 1 aromatic rings. The molecule has 2 N–H and O–H groups in total. The smallest absolute Gasteiger partial charge is 0.122 e. The highest BCUT2D eigenvalue weighted by molar-refractivity contribution is 9.10. The molecule has 0 saturated carbocycles. The van der Waals surface area contributed by atoms with Gasteiger partial charge in [0, 0.05) is 22.7 Å². The monoisotopic (exact) mass is 314 g/mol. The van der Waals surface area contributed by atoms with Crippen molar-refractivity contribution in [2.45, 2.75) is 38.4 Å². The Kier molecular flexibility index (Phi) is 5.01. The van der Waals surface area contributed by atoms with E-state index in [-0.39, 0.29) is 0 Å². The van der Waals surface area contributed by atoms with Gasteiger partial charge in [-0.15, -0.1) is 0 Å². The van der Waals surface area contributed by atoms with Gasteiger partial charge in [0.05, 0.1) is 0 Å². The van der Waals surface area contributed by atoms with Crippen LogP contribution in [0.3, 0.4) is 0 Å². The zero-order valence-corrected chi connectivity index (χ0v) is 12.3. The highest BCUT2D eigenvalue weighted by atomic mass is 79.9. The molecular weight excluding hydrogens is 295 g/mol. The fourth-order valence-corrected chi connectivity index (χ4v) is 2.79. The van der Waals surface area contributed by atoms with Gasteiger partial charge in [0.15, 0.2) is 0 Å². The summed E-state index contributed by atoms with van der Waals surface area (Å²) >= 11 is 3.49. The third-order valence-electron chi connectivity index (χ3n) is 3.40. The Morgan fingerprint density at radius 1 is 1.50 bits per heavy atom. The van der Waals surface area contributed by atoms with E-state index in [0.29, 0.717) is 11.6 Å². The van der Waals surface area contributed by atoms with Crippen molar-refractivity contribution in [2.75, 3.05) is 18.4 Å². The second-order valence-corrected chi connectivity index (χ2v) is 5.74. The van der Waals surface area contributed by atoms with Gasteiger partial charge in [-0.05, 0) is 59.9 Å². The van der Waals surface area contributed by atoms with E-state index in [0.717, 1.165) is 23.2 Å². The maximum Gasteiger partial charge on any atom is 0.122 e. The zero-order valence-electron chi connectivity index (χ0n) is 10.7. The van der Waals surface area contributed by atoms with Gasteiger partial charge in [0.2, 0.25) is 0 Å². The molecule has 18 heavy (non-hydrogen) atoms. The molecule has 1 saturated heterocycles. The number of rotatable bonds is 4. The molecule has 0 radical (unpaired) electrons. The standard InChI is InChI=1S/C14H20BrFN2/c1-10(16)11-5-6-14(13(15)8-11)18-9-12-4-2-3-7-17-12/h5-6,8,10,12,17-18H,2-4,7,9H2,1H3. The lowest BCUT2D eigenvalue weighted by Gasteiger charge is -2.24. The van der Waals surface area contributed by atoms with Crippen LogP contribution in [0.1, 0.15) is 37.9 Å². The average molecular weight is 315 g/mol. The van der Waals surface area contributed by atoms with Crippen LogP contribution in [-0.2, 0) is 0 Å². The van der Waals surface area contributed by atoms with E-state index < -0.39 is 6.17 Å². The Morgan fingerprint density at radius 2 is 2.33 bits per heavy atom. The molecule has 2 atom stereocenters. The molecule has 2 nitrogen and oxygen atoms in total. The van der Waals surface area contributed by atoms with E-state index in [1.807, 2.05) is 18.2 Å². The van der Waals surface area contributed by atoms with Gasteiger partial charge < -0.3 is 10.6 Å². The van der Waals surface area contributed by atoms with E-state index >= 15 is 0 Å². The number of benzene rings is 1. The number of halogens is 2. The van der Waals surface area contributed by atoms with Gasteiger partial charge in [-0.1, -0.05) is 12.5 Å². The van der Waals surface area contributed by atoms with E-state index in [2.05, 4.69) is 26.6 Å². The summed E-state index contributed by atoms with van der Waals surface area (Å²) in [5.41, 5.74) is 1.75. The van der Waals surface area contributed by atoms with Gasteiger partial charge in [-0.3, -0.25) is 0 Å². The topological polar surface area (TPSA) is 24.1 Å². The summed E-state index contributed by atoms with van der Waals surface area (Å²) in [6.45, 7) is 3.59. The first-order valence-corrected chi connectivity index (χ1v) is 7.37. The number of hydrogen-bond donors (Lipinski definition) is 2. The van der Waals surface area contributed by atoms with Crippen LogP contribution in [-0.4, -0.2) is 19.1 Å². The quantitative estimate of drug-likeness (QED) is 0.876. The van der Waals surface area contributed by atoms with Crippen molar-refractivity contribution in [3.05, 3.63) is 28.2 Å². The molecule has 1 aromatic carbocycles. The van der Waals surface area contributed by atoms with E-state index in [1.165, 1.54) is 19.3 Å². The van der Waals surface area contributed by atoms with E-state index in [1.54, 1.807) is 6.92 Å². The maximum absolute atomic E-state index is 13.2. The summed E-state index contributed by atoms with van der Waals surface area (Å²) < 4.78 is 14.1. The molecule has 0 bridgehead atoms. The summed E-state index contributed by atoms with van der Waals surface area (Å²) in [5.74, 6) is 0. The van der Waals surface area contributed by atoms with Crippen molar-refractivity contribution >= 4 is 21.6 Å². The normalized spacial score (nSPS) is 21.6. The fourth-order valence-electron chi connectivity index (χ4n) is 2.25. The van der Waals surface area contributed by atoms with Gasteiger partial charge in [-0.2, -0.15) is 0 Å². The van der Waals surface area contributed by atoms with Crippen molar-refractivity contribution < 1.29 is 4.39 Å². The van der Waals surface area contributed by atoms with Crippen LogP contribution in [0.4, 0.5) is 10.1 Å². The Hall–Kier alpha value is -0.610. The Bertz CT molecular complexity index is 389. The number of anilines is 1. The Balaban J connectivity index is 1.92. The highest BCUT2D eigenvalue weighted by Crippen LogP contribution is 2.27. The van der Waals surface area contributed by atoms with Crippen LogP contribution in [0, 0.1) is 0 Å². The third-order valence-corrected chi connectivity index (χ3v) is 4.06. The zero-order chi connectivity index (χ0) is 13.0. The van der Waals surface area contributed by atoms with Crippen molar-refractivity contribution in [2.24, 2.45) is 0 Å². The second-order valence-electron chi connectivity index (χ2n) is 4.88. The predicted molar refractivity (Wildman–Crippen MR) is 77.8 cm³/mol. The van der Waals surface area contributed by atoms with E-state index in [9.17, 15) is 4.39 Å². The van der Waals surface area contributed by atoms with Crippen molar-refractivity contribution in [1.82, 2.24) is 5.32 Å². The molecular formula is C14H20BrFN2. The van der Waals surface area contributed by atoms with Crippen molar-refractivity contribution in [3.63, 3.8) is 0 Å². The highest BCUT2D eigenvalue weighted by Gasteiger charge is 2.13. The summed E-state index contributed by atoms with van der Waals surface area (Å²) in [7, 11) is 0. The van der Waals surface area contributed by atoms with Gasteiger partial charge in [0.25, 0.3) is 0 Å². The van der Waals surface area contributed by atoms with Crippen LogP contribution in [0.15, 0.2) is 22.7 Å². The van der Waals surface area contributed by atoms with Crippen molar-refractivity contribution in [3.8, 4) is 0 Å². The summed E-state index contributed by atoms with van der Waals surface area (Å²) in [6, 6.07) is 6.18. The SMILES string of the molecule is CC(F)c1ccc(NCC2CCCCN2)c(Br)c1. The minimum atomic E-state index is -0.921. The minimum Gasteiger partial charge on any atom is -0.383 e. The fraction of sp³-hybridized carbons (Fsp3) is 0.571. The van der Waals surface area contributed by atoms with Gasteiger partial charge in [0.1, 0.15) is 6.17 Å². The number of hydrogen-bond acceptors (Lipinski definition) is 2. The first kappa shape index (κ1) is 13.8. The average Bonchev–Trinajstić information content (AvgIpc) is 2.38. The molecule has 1 aliphatic heterocycles.